The molecule has 0 amide bonds. The number of fused-ring (bicyclic) bond motifs is 4. The molecule has 0 aliphatic carbocycles. The fraction of sp³-hybridized carbons (Fsp3) is 0.182. The minimum Gasteiger partial charge on any atom is -0.509 e. The zero-order valence-corrected chi connectivity index (χ0v) is 43.9. The van der Waals surface area contributed by atoms with E-state index < -0.39 is 60.4 Å². The van der Waals surface area contributed by atoms with Crippen LogP contribution in [0.4, 0.5) is 0 Å². The van der Waals surface area contributed by atoms with Crippen molar-refractivity contribution in [1.29, 1.82) is 0 Å². The van der Waals surface area contributed by atoms with Crippen molar-refractivity contribution in [3.63, 3.8) is 0 Å². The van der Waals surface area contributed by atoms with E-state index in [0.717, 1.165) is 44.3 Å². The van der Waals surface area contributed by atoms with E-state index in [9.17, 15) is 0 Å². The first-order chi connectivity index (χ1) is 38.2. The second kappa shape index (κ2) is 18.7. The Kier molecular flexibility index (Phi) is 9.72. The number of para-hydroxylation sites is 4. The first-order valence-electron chi connectivity index (χ1n) is 28.8. The molecule has 360 valence electrons. The van der Waals surface area contributed by atoms with Gasteiger partial charge >= 0.3 is 0 Å². The SMILES string of the molecule is [2H]c1c([2H])c([2H])c(-c2cccc(-c3c([2H])c([2H])c([2H])c([2H])c3[2H])c2-[n+]2[c-]n(-c3[c-]c(Oc4[c-]c5c(cc4-c4cc(C(C)(C)C)cc(C(C)(C)C)c4)c4ccccc4n5-c4cc(C(C)(C)C)ccn4)ccc3)c3ccccc32)c([2H])c1[2H].[Pt]. The van der Waals surface area contributed by atoms with Gasteiger partial charge in [0.15, 0.2) is 0 Å². The molecule has 0 saturated carbocycles. The van der Waals surface area contributed by atoms with Crippen LogP contribution in [0.2, 0.25) is 0 Å². The van der Waals surface area contributed by atoms with Gasteiger partial charge in [0.1, 0.15) is 5.82 Å². The molecule has 0 unspecified atom stereocenters. The molecule has 0 aliphatic heterocycles. The Morgan fingerprint density at radius 2 is 1.14 bits per heavy atom. The summed E-state index contributed by atoms with van der Waals surface area (Å²) in [4.78, 5) is 4.95. The molecule has 0 atom stereocenters. The maximum Gasteiger partial charge on any atom is 0.268 e. The summed E-state index contributed by atoms with van der Waals surface area (Å²) in [7, 11) is 0. The number of imidazole rings is 1. The Hall–Kier alpha value is -7.33. The summed E-state index contributed by atoms with van der Waals surface area (Å²) in [6.07, 6.45) is 5.32. The summed E-state index contributed by atoms with van der Waals surface area (Å²) in [5.41, 5.74) is 8.21. The molecule has 0 saturated heterocycles. The van der Waals surface area contributed by atoms with Gasteiger partial charge in [-0.25, -0.2) is 4.98 Å². The minimum absolute atomic E-state index is 0. The molecule has 11 aromatic rings. The van der Waals surface area contributed by atoms with E-state index in [1.54, 1.807) is 27.3 Å². The Morgan fingerprint density at radius 1 is 0.542 bits per heavy atom. The molecule has 8 aromatic carbocycles. The van der Waals surface area contributed by atoms with Crippen LogP contribution >= 0.6 is 0 Å². The van der Waals surface area contributed by atoms with E-state index in [2.05, 4.69) is 134 Å². The van der Waals surface area contributed by atoms with E-state index in [1.165, 1.54) is 11.1 Å². The van der Waals surface area contributed by atoms with E-state index in [4.69, 9.17) is 23.4 Å². The van der Waals surface area contributed by atoms with E-state index >= 15 is 0 Å². The molecular formula is C66H58N4OPt-2. The molecule has 5 nitrogen and oxygen atoms in total. The summed E-state index contributed by atoms with van der Waals surface area (Å²) in [6.45, 7) is 19.9. The van der Waals surface area contributed by atoms with Gasteiger partial charge < -0.3 is 13.9 Å². The van der Waals surface area contributed by atoms with Gasteiger partial charge in [-0.2, -0.15) is 18.2 Å². The summed E-state index contributed by atoms with van der Waals surface area (Å²) in [5, 5.41) is 2.00. The molecule has 72 heavy (non-hydrogen) atoms. The average Bonchev–Trinajstić information content (AvgIpc) is 4.07. The third kappa shape index (κ3) is 9.01. The van der Waals surface area contributed by atoms with Crippen LogP contribution in [0.25, 0.3) is 83.4 Å². The van der Waals surface area contributed by atoms with Crippen LogP contribution in [0.5, 0.6) is 11.5 Å². The molecule has 0 aliphatic rings. The van der Waals surface area contributed by atoms with Crippen LogP contribution in [0.1, 0.15) is 92.7 Å². The van der Waals surface area contributed by atoms with Gasteiger partial charge in [0.2, 0.25) is 0 Å². The van der Waals surface area contributed by atoms with Crippen LogP contribution in [-0.2, 0) is 37.3 Å². The van der Waals surface area contributed by atoms with Gasteiger partial charge in [-0.3, -0.25) is 4.57 Å². The van der Waals surface area contributed by atoms with Gasteiger partial charge in [0, 0.05) is 44.3 Å². The van der Waals surface area contributed by atoms with Gasteiger partial charge in [-0.15, -0.1) is 23.6 Å². The van der Waals surface area contributed by atoms with Crippen molar-refractivity contribution in [2.75, 3.05) is 0 Å². The van der Waals surface area contributed by atoms with E-state index in [1.807, 2.05) is 60.8 Å². The first kappa shape index (κ1) is 37.4. The number of pyridine rings is 1. The van der Waals surface area contributed by atoms with Crippen molar-refractivity contribution in [2.24, 2.45) is 0 Å². The van der Waals surface area contributed by atoms with Crippen molar-refractivity contribution < 1.29 is 44.1 Å². The minimum atomic E-state index is -0.575. The number of hydrogen-bond acceptors (Lipinski definition) is 2. The monoisotopic (exact) mass is 1130 g/mol. The van der Waals surface area contributed by atoms with Crippen molar-refractivity contribution in [3.05, 3.63) is 223 Å². The zero-order valence-electron chi connectivity index (χ0n) is 51.6. The largest absolute Gasteiger partial charge is 0.509 e. The first-order valence-corrected chi connectivity index (χ1v) is 23.8. The molecule has 3 heterocycles. The number of rotatable bonds is 8. The van der Waals surface area contributed by atoms with Crippen molar-refractivity contribution in [2.45, 2.75) is 78.6 Å². The fourth-order valence-corrected chi connectivity index (χ4v) is 9.21. The third-order valence-electron chi connectivity index (χ3n) is 13.1. The van der Waals surface area contributed by atoms with Crippen LogP contribution < -0.4 is 9.30 Å². The van der Waals surface area contributed by atoms with Gasteiger partial charge in [0.05, 0.1) is 30.4 Å². The number of hydrogen-bond donors (Lipinski definition) is 0. The zero-order chi connectivity index (χ0) is 57.9. The van der Waals surface area contributed by atoms with Crippen LogP contribution in [0, 0.1) is 18.5 Å². The van der Waals surface area contributed by atoms with Gasteiger partial charge in [-0.05, 0) is 84.5 Å². The Labute approximate surface area is 452 Å². The molecule has 0 N–H and O–H groups in total. The standard InChI is InChI=1S/C66H58N4O.Pt/c1-64(2,3)47-34-35-67-62(39-47)70-57-31-17-16-28-54(57)56-41-55(46-36-48(65(4,5)6)38-49(37-46)66(7,8)9)61(42-60(56)70)71-51-27-20-26-50(40-51)68-43-69(59-33-19-18-32-58(59)68)63-52(44-22-12-10-13-23-44)29-21-30-53(63)45-24-14-11-15-25-45;/h10-39,41H,1-9H3;/q-2;/i10D,11D,12D,13D,14D,15D,22D,23D,24D,25D;. The number of ether oxygens (including phenoxy) is 1. The normalized spacial score (nSPS) is 14.1. The summed E-state index contributed by atoms with van der Waals surface area (Å²) in [6, 6.07) is 41.2. The topological polar surface area (TPSA) is 35.9 Å². The Bertz CT molecular complexity index is 4230. The number of nitrogens with zero attached hydrogens (tertiary/aromatic N) is 4. The molecular weight excluding hydrogens is 1060 g/mol. The molecule has 0 spiro atoms. The summed E-state index contributed by atoms with van der Waals surface area (Å²) >= 11 is 0. The Balaban J connectivity index is 0.00000753. The van der Waals surface area contributed by atoms with Crippen LogP contribution in [-0.4, -0.2) is 14.1 Å². The van der Waals surface area contributed by atoms with Gasteiger partial charge in [-0.1, -0.05) is 218 Å². The quantitative estimate of drug-likeness (QED) is 0.112. The maximum atomic E-state index is 9.13. The van der Waals surface area contributed by atoms with Crippen LogP contribution in [0.15, 0.2) is 188 Å². The molecule has 0 bridgehead atoms. The Morgan fingerprint density at radius 3 is 1.78 bits per heavy atom. The number of benzene rings is 8. The second-order valence-corrected chi connectivity index (χ2v) is 21.0. The summed E-state index contributed by atoms with van der Waals surface area (Å²) in [5.74, 6) is 1.54. The smallest absolute Gasteiger partial charge is 0.268 e. The van der Waals surface area contributed by atoms with E-state index in [-0.39, 0.29) is 65.3 Å². The predicted molar refractivity (Wildman–Crippen MR) is 292 cm³/mol. The van der Waals surface area contributed by atoms with Gasteiger partial charge in [0.25, 0.3) is 6.33 Å². The van der Waals surface area contributed by atoms with E-state index in [0.29, 0.717) is 28.2 Å². The van der Waals surface area contributed by atoms with Crippen molar-refractivity contribution in [1.82, 2.24) is 14.1 Å². The predicted octanol–water partition coefficient (Wildman–Crippen LogP) is 16.5. The molecule has 11 rings (SSSR count). The third-order valence-corrected chi connectivity index (χ3v) is 13.1. The summed E-state index contributed by atoms with van der Waals surface area (Å²) < 4.78 is 101. The van der Waals surface area contributed by atoms with Crippen molar-refractivity contribution >= 4 is 32.8 Å². The number of aromatic nitrogens is 4. The molecule has 0 fully saturated rings. The maximum absolute atomic E-state index is 9.13. The van der Waals surface area contributed by atoms with Crippen LogP contribution in [0.3, 0.4) is 0 Å². The van der Waals surface area contributed by atoms with Crippen molar-refractivity contribution in [3.8, 4) is 62.1 Å². The fourth-order valence-electron chi connectivity index (χ4n) is 9.21. The molecule has 0 radical (unpaired) electrons. The second-order valence-electron chi connectivity index (χ2n) is 21.0. The average molecular weight is 1130 g/mol. The molecule has 6 heteroatoms. The molecule has 3 aromatic heterocycles.